The van der Waals surface area contributed by atoms with Crippen molar-refractivity contribution >= 4 is 22.8 Å². The molecule has 2 rings (SSSR count). The normalized spacial score (nSPS) is 11.3. The molecule has 0 saturated carbocycles. The predicted molar refractivity (Wildman–Crippen MR) is 88.4 cm³/mol. The lowest BCUT2D eigenvalue weighted by Gasteiger charge is -2.19. The van der Waals surface area contributed by atoms with Crippen LogP contribution in [-0.2, 0) is 6.54 Å². The summed E-state index contributed by atoms with van der Waals surface area (Å²) < 4.78 is 2.34. The molecule has 1 heterocycles. The van der Waals surface area contributed by atoms with Gasteiger partial charge in [0, 0.05) is 18.8 Å². The van der Waals surface area contributed by atoms with Crippen LogP contribution in [0.2, 0.25) is 0 Å². The maximum atomic E-state index is 4.74. The van der Waals surface area contributed by atoms with Crippen LogP contribution in [0.4, 0.5) is 0 Å². The highest BCUT2D eigenvalue weighted by Crippen LogP contribution is 2.24. The third-order valence-corrected chi connectivity index (χ3v) is 4.46. The fourth-order valence-corrected chi connectivity index (χ4v) is 3.07. The quantitative estimate of drug-likeness (QED) is 0.546. The topological polar surface area (TPSA) is 21.1 Å². The molecule has 3 nitrogen and oxygen atoms in total. The average Bonchev–Trinajstić information content (AvgIpc) is 2.84. The SMILES string of the molecule is C=CCSc1nc2ccccc2n1CCN(CC)CC. The van der Waals surface area contributed by atoms with Crippen LogP contribution < -0.4 is 0 Å². The molecule has 2 aromatic rings. The molecule has 0 radical (unpaired) electrons. The van der Waals surface area contributed by atoms with Gasteiger partial charge in [0.2, 0.25) is 0 Å². The fraction of sp³-hybridized carbons (Fsp3) is 0.438. The lowest BCUT2D eigenvalue weighted by Crippen LogP contribution is -2.27. The maximum Gasteiger partial charge on any atom is 0.169 e. The highest BCUT2D eigenvalue weighted by molar-refractivity contribution is 7.99. The standard InChI is InChI=1S/C16H23N3S/c1-4-13-20-16-17-14-9-7-8-10-15(14)19(16)12-11-18(5-2)6-3/h4,7-10H,1,5-6,11-13H2,2-3H3. The number of fused-ring (bicyclic) bond motifs is 1. The van der Waals surface area contributed by atoms with Crippen molar-refractivity contribution in [3.8, 4) is 0 Å². The van der Waals surface area contributed by atoms with Crippen molar-refractivity contribution in [2.24, 2.45) is 0 Å². The van der Waals surface area contributed by atoms with Crippen molar-refractivity contribution in [1.82, 2.24) is 14.5 Å². The van der Waals surface area contributed by atoms with E-state index in [1.807, 2.05) is 12.1 Å². The van der Waals surface area contributed by atoms with Crippen LogP contribution in [0.5, 0.6) is 0 Å². The van der Waals surface area contributed by atoms with Gasteiger partial charge in [0.1, 0.15) is 0 Å². The Morgan fingerprint density at radius 2 is 2.05 bits per heavy atom. The number of imidazole rings is 1. The summed E-state index contributed by atoms with van der Waals surface area (Å²) in [5.74, 6) is 0.897. The molecule has 0 fully saturated rings. The van der Waals surface area contributed by atoms with Crippen LogP contribution in [0.15, 0.2) is 42.1 Å². The van der Waals surface area contributed by atoms with E-state index in [2.05, 4.69) is 48.1 Å². The minimum absolute atomic E-state index is 0.897. The number of hydrogen-bond acceptors (Lipinski definition) is 3. The Balaban J connectivity index is 2.25. The zero-order chi connectivity index (χ0) is 14.4. The number of hydrogen-bond donors (Lipinski definition) is 0. The van der Waals surface area contributed by atoms with Gasteiger partial charge in [0.25, 0.3) is 0 Å². The van der Waals surface area contributed by atoms with E-state index < -0.39 is 0 Å². The van der Waals surface area contributed by atoms with Gasteiger partial charge in [-0.3, -0.25) is 0 Å². The predicted octanol–water partition coefficient (Wildman–Crippen LogP) is 3.66. The summed E-state index contributed by atoms with van der Waals surface area (Å²) in [4.78, 5) is 7.18. The number of aromatic nitrogens is 2. The molecule has 0 N–H and O–H groups in total. The van der Waals surface area contributed by atoms with E-state index in [9.17, 15) is 0 Å². The number of nitrogens with zero attached hydrogens (tertiary/aromatic N) is 3. The van der Waals surface area contributed by atoms with Crippen molar-refractivity contribution < 1.29 is 0 Å². The third-order valence-electron chi connectivity index (χ3n) is 3.48. The molecule has 20 heavy (non-hydrogen) atoms. The first-order valence-corrected chi connectivity index (χ1v) is 8.20. The summed E-state index contributed by atoms with van der Waals surface area (Å²) in [5.41, 5.74) is 2.31. The largest absolute Gasteiger partial charge is 0.318 e. The van der Waals surface area contributed by atoms with Crippen molar-refractivity contribution in [3.05, 3.63) is 36.9 Å². The molecule has 0 aliphatic rings. The summed E-state index contributed by atoms with van der Waals surface area (Å²) in [6.45, 7) is 12.5. The van der Waals surface area contributed by atoms with Gasteiger partial charge in [-0.25, -0.2) is 4.98 Å². The lowest BCUT2D eigenvalue weighted by atomic mass is 10.3. The molecular formula is C16H23N3S. The van der Waals surface area contributed by atoms with E-state index in [1.54, 1.807) is 11.8 Å². The summed E-state index contributed by atoms with van der Waals surface area (Å²) in [7, 11) is 0. The first-order chi connectivity index (χ1) is 9.80. The van der Waals surface area contributed by atoms with E-state index in [-0.39, 0.29) is 0 Å². The Bertz CT molecular complexity index is 558. The minimum atomic E-state index is 0.897. The van der Waals surface area contributed by atoms with Gasteiger partial charge in [-0.05, 0) is 25.2 Å². The van der Waals surface area contributed by atoms with Gasteiger partial charge < -0.3 is 9.47 Å². The molecule has 0 atom stereocenters. The highest BCUT2D eigenvalue weighted by atomic mass is 32.2. The van der Waals surface area contributed by atoms with Gasteiger partial charge in [-0.2, -0.15) is 0 Å². The molecule has 0 saturated heterocycles. The smallest absolute Gasteiger partial charge is 0.169 e. The van der Waals surface area contributed by atoms with Crippen molar-refractivity contribution in [3.63, 3.8) is 0 Å². The summed E-state index contributed by atoms with van der Waals surface area (Å²) in [5, 5.41) is 1.10. The monoisotopic (exact) mass is 289 g/mol. The molecular weight excluding hydrogens is 266 g/mol. The van der Waals surface area contributed by atoms with Crippen LogP contribution in [-0.4, -0.2) is 39.8 Å². The molecule has 1 aromatic carbocycles. The zero-order valence-corrected chi connectivity index (χ0v) is 13.2. The Labute approximate surface area is 125 Å². The summed E-state index contributed by atoms with van der Waals surface area (Å²) in [6, 6.07) is 8.37. The van der Waals surface area contributed by atoms with Gasteiger partial charge in [0.05, 0.1) is 11.0 Å². The van der Waals surface area contributed by atoms with E-state index in [0.717, 1.165) is 42.6 Å². The van der Waals surface area contributed by atoms with E-state index >= 15 is 0 Å². The Morgan fingerprint density at radius 3 is 2.75 bits per heavy atom. The van der Waals surface area contributed by atoms with Crippen LogP contribution in [0.3, 0.4) is 0 Å². The number of thioether (sulfide) groups is 1. The van der Waals surface area contributed by atoms with E-state index in [1.165, 1.54) is 5.52 Å². The Kier molecular flexibility index (Phi) is 5.68. The Hall–Kier alpha value is -1.26. The average molecular weight is 289 g/mol. The van der Waals surface area contributed by atoms with Gasteiger partial charge in [-0.1, -0.05) is 43.8 Å². The van der Waals surface area contributed by atoms with Gasteiger partial charge in [0.15, 0.2) is 5.16 Å². The molecule has 0 aliphatic heterocycles. The van der Waals surface area contributed by atoms with Crippen molar-refractivity contribution in [2.75, 3.05) is 25.4 Å². The molecule has 0 spiro atoms. The molecule has 0 amide bonds. The van der Waals surface area contributed by atoms with Gasteiger partial charge in [-0.15, -0.1) is 6.58 Å². The fourth-order valence-electron chi connectivity index (χ4n) is 2.29. The van der Waals surface area contributed by atoms with Crippen LogP contribution in [0.1, 0.15) is 13.8 Å². The molecule has 108 valence electrons. The Morgan fingerprint density at radius 1 is 1.30 bits per heavy atom. The second kappa shape index (κ2) is 7.50. The van der Waals surface area contributed by atoms with Gasteiger partial charge >= 0.3 is 0 Å². The number of rotatable bonds is 8. The summed E-state index contributed by atoms with van der Waals surface area (Å²) >= 11 is 1.75. The second-order valence-corrected chi connectivity index (χ2v) is 5.65. The highest BCUT2D eigenvalue weighted by Gasteiger charge is 2.11. The number of para-hydroxylation sites is 2. The van der Waals surface area contributed by atoms with Crippen LogP contribution in [0.25, 0.3) is 11.0 Å². The molecule has 4 heteroatoms. The zero-order valence-electron chi connectivity index (χ0n) is 12.4. The first-order valence-electron chi connectivity index (χ1n) is 7.21. The van der Waals surface area contributed by atoms with E-state index in [4.69, 9.17) is 4.98 Å². The first kappa shape index (κ1) is 15.1. The summed E-state index contributed by atoms with van der Waals surface area (Å²) in [6.07, 6.45) is 1.93. The third kappa shape index (κ3) is 3.44. The minimum Gasteiger partial charge on any atom is -0.318 e. The molecule has 1 aromatic heterocycles. The number of benzene rings is 1. The second-order valence-electron chi connectivity index (χ2n) is 4.66. The lowest BCUT2D eigenvalue weighted by molar-refractivity contribution is 0.288. The van der Waals surface area contributed by atoms with Crippen LogP contribution >= 0.6 is 11.8 Å². The van der Waals surface area contributed by atoms with Crippen molar-refractivity contribution in [2.45, 2.75) is 25.5 Å². The maximum absolute atomic E-state index is 4.74. The van der Waals surface area contributed by atoms with Crippen LogP contribution in [0, 0.1) is 0 Å². The van der Waals surface area contributed by atoms with Crippen molar-refractivity contribution in [1.29, 1.82) is 0 Å². The van der Waals surface area contributed by atoms with E-state index in [0.29, 0.717) is 0 Å². The molecule has 0 aliphatic carbocycles. The molecule has 0 bridgehead atoms. The number of likely N-dealkylation sites (N-methyl/N-ethyl adjacent to an activating group) is 1. The molecule has 0 unspecified atom stereocenters.